The maximum Gasteiger partial charge on any atom is 0.231 e. The third-order valence-corrected chi connectivity index (χ3v) is 5.87. The number of thioether (sulfide) groups is 1. The summed E-state index contributed by atoms with van der Waals surface area (Å²) < 4.78 is 0. The van der Waals surface area contributed by atoms with Crippen LogP contribution in [0.25, 0.3) is 0 Å². The van der Waals surface area contributed by atoms with Crippen molar-refractivity contribution in [2.75, 3.05) is 18.8 Å². The molecule has 2 N–H and O–H groups in total. The van der Waals surface area contributed by atoms with Crippen molar-refractivity contribution in [3.8, 4) is 0 Å². The van der Waals surface area contributed by atoms with Crippen molar-refractivity contribution in [3.05, 3.63) is 58.3 Å². The van der Waals surface area contributed by atoms with E-state index < -0.39 is 0 Å². The Kier molecular flexibility index (Phi) is 7.55. The van der Waals surface area contributed by atoms with Crippen LogP contribution < -0.4 is 10.6 Å². The van der Waals surface area contributed by atoms with E-state index in [1.165, 1.54) is 11.8 Å². The predicted molar refractivity (Wildman–Crippen MR) is 115 cm³/mol. The lowest BCUT2D eigenvalue weighted by Crippen LogP contribution is -2.40. The number of nitrogens with zero attached hydrogens (tertiary/aromatic N) is 1. The van der Waals surface area contributed by atoms with Crippen LogP contribution in [-0.4, -0.2) is 29.9 Å². The second kappa shape index (κ2) is 9.44. The Morgan fingerprint density at radius 2 is 2.08 bits per heavy atom. The van der Waals surface area contributed by atoms with Crippen molar-refractivity contribution >= 4 is 46.6 Å². The summed E-state index contributed by atoms with van der Waals surface area (Å²) in [5, 5.41) is 9.37. The summed E-state index contributed by atoms with van der Waals surface area (Å²) in [6.07, 6.45) is 0. The van der Waals surface area contributed by atoms with E-state index in [1.807, 2.05) is 41.8 Å². The van der Waals surface area contributed by atoms with Crippen LogP contribution in [0.2, 0.25) is 0 Å². The van der Waals surface area contributed by atoms with Gasteiger partial charge in [-0.05, 0) is 17.0 Å². The minimum Gasteiger partial charge on any atom is -0.364 e. The van der Waals surface area contributed by atoms with Gasteiger partial charge in [0.15, 0.2) is 5.17 Å². The van der Waals surface area contributed by atoms with Gasteiger partial charge in [0.1, 0.15) is 0 Å². The predicted octanol–water partition coefficient (Wildman–Crippen LogP) is 4.09. The monoisotopic (exact) mass is 409 g/mol. The molecule has 140 valence electrons. The van der Waals surface area contributed by atoms with Gasteiger partial charge in [0, 0.05) is 23.4 Å². The molecule has 26 heavy (non-hydrogen) atoms. The molecule has 0 radical (unpaired) electrons. The van der Waals surface area contributed by atoms with E-state index in [4.69, 9.17) is 0 Å². The number of carbonyl (C=O) groups is 1. The summed E-state index contributed by atoms with van der Waals surface area (Å²) in [5.41, 5.74) is 1.28. The van der Waals surface area contributed by atoms with Crippen LogP contribution in [0.15, 0.2) is 52.8 Å². The molecule has 0 spiro atoms. The Bertz CT molecular complexity index is 733. The Morgan fingerprint density at radius 1 is 1.31 bits per heavy atom. The van der Waals surface area contributed by atoms with Gasteiger partial charge in [0.05, 0.1) is 11.8 Å². The lowest BCUT2D eigenvalue weighted by Gasteiger charge is -2.28. The van der Waals surface area contributed by atoms with Crippen LogP contribution in [0.4, 0.5) is 0 Å². The molecule has 2 aromatic rings. The first kappa shape index (κ1) is 20.8. The van der Waals surface area contributed by atoms with E-state index >= 15 is 0 Å². The molecule has 4 nitrogen and oxygen atoms in total. The van der Waals surface area contributed by atoms with E-state index in [0.29, 0.717) is 5.75 Å². The second-order valence-corrected chi connectivity index (χ2v) is 8.80. The van der Waals surface area contributed by atoms with Crippen LogP contribution in [0.1, 0.15) is 30.3 Å². The average molecular weight is 410 g/mol. The molecule has 1 aliphatic rings. The van der Waals surface area contributed by atoms with Crippen LogP contribution in [0, 0.1) is 5.41 Å². The number of carbonyl (C=O) groups excluding carboxylic acids is 1. The molecule has 1 unspecified atom stereocenters. The number of aliphatic imine (C=N–C) groups is 1. The Morgan fingerprint density at radius 3 is 2.69 bits per heavy atom. The molecule has 3 rings (SSSR count). The molecule has 0 fully saturated rings. The molecule has 0 saturated heterocycles. The van der Waals surface area contributed by atoms with Gasteiger partial charge in [-0.25, -0.2) is 0 Å². The maximum atomic E-state index is 12.5. The zero-order valence-electron chi connectivity index (χ0n) is 14.9. The number of nitrogens with one attached hydrogen (secondary N) is 2. The molecule has 0 bridgehead atoms. The highest BCUT2D eigenvalue weighted by Crippen LogP contribution is 2.26. The molecule has 1 aromatic heterocycles. The number of halogens is 1. The summed E-state index contributed by atoms with van der Waals surface area (Å²) in [4.78, 5) is 18.2. The van der Waals surface area contributed by atoms with Gasteiger partial charge in [0.2, 0.25) is 5.91 Å². The highest BCUT2D eigenvalue weighted by Gasteiger charge is 2.23. The van der Waals surface area contributed by atoms with Crippen molar-refractivity contribution in [1.29, 1.82) is 0 Å². The maximum absolute atomic E-state index is 12.5. The summed E-state index contributed by atoms with van der Waals surface area (Å²) in [6, 6.07) is 14.1. The first-order valence-corrected chi connectivity index (χ1v) is 10.2. The fourth-order valence-electron chi connectivity index (χ4n) is 2.57. The fraction of sp³-hybridized carbons (Fsp3) is 0.368. The lowest BCUT2D eigenvalue weighted by atomic mass is 9.93. The van der Waals surface area contributed by atoms with Crippen molar-refractivity contribution in [2.45, 2.75) is 19.9 Å². The van der Waals surface area contributed by atoms with Gasteiger partial charge >= 0.3 is 0 Å². The first-order chi connectivity index (χ1) is 12.0. The molecule has 1 aliphatic heterocycles. The molecular formula is C19H24ClN3OS2. The third kappa shape index (κ3) is 5.76. The number of hydrogen-bond acceptors (Lipinski definition) is 5. The van der Waals surface area contributed by atoms with E-state index in [0.717, 1.165) is 28.7 Å². The van der Waals surface area contributed by atoms with Crippen molar-refractivity contribution in [2.24, 2.45) is 10.4 Å². The number of rotatable bonds is 5. The quantitative estimate of drug-likeness (QED) is 0.781. The summed E-state index contributed by atoms with van der Waals surface area (Å²) in [7, 11) is 0. The number of amides is 1. The van der Waals surface area contributed by atoms with Gasteiger partial charge in [-0.3, -0.25) is 9.79 Å². The highest BCUT2D eigenvalue weighted by molar-refractivity contribution is 8.14. The topological polar surface area (TPSA) is 53.5 Å². The molecule has 2 heterocycles. The van der Waals surface area contributed by atoms with E-state index in [9.17, 15) is 4.79 Å². The first-order valence-electron chi connectivity index (χ1n) is 8.32. The molecule has 0 aliphatic carbocycles. The lowest BCUT2D eigenvalue weighted by molar-refractivity contribution is -0.119. The second-order valence-electron chi connectivity index (χ2n) is 6.85. The van der Waals surface area contributed by atoms with Gasteiger partial charge in [0.25, 0.3) is 0 Å². The minimum atomic E-state index is -0.102. The van der Waals surface area contributed by atoms with Gasteiger partial charge in [-0.1, -0.05) is 62.0 Å². The zero-order chi connectivity index (χ0) is 17.7. The SMILES string of the molecule is CC1(C)CN=C(SCC(=O)NC(c2ccccc2)c2cccs2)NC1.Cl. The molecule has 7 heteroatoms. The number of amidine groups is 1. The molecule has 1 atom stereocenters. The zero-order valence-corrected chi connectivity index (χ0v) is 17.3. The third-order valence-electron chi connectivity index (χ3n) is 3.97. The van der Waals surface area contributed by atoms with Crippen molar-refractivity contribution < 1.29 is 4.79 Å². The summed E-state index contributed by atoms with van der Waals surface area (Å²) in [5.74, 6) is 0.377. The van der Waals surface area contributed by atoms with Crippen LogP contribution >= 0.6 is 35.5 Å². The normalized spacial score (nSPS) is 16.6. The standard InChI is InChI=1S/C19H23N3OS2.ClH/c1-19(2)12-20-18(21-13-19)25-11-16(23)22-17(15-9-6-10-24-15)14-7-4-3-5-8-14;/h3-10,17H,11-13H2,1-2H3,(H,20,21)(H,22,23);1H. The largest absolute Gasteiger partial charge is 0.364 e. The number of thiophene rings is 1. The molecular weight excluding hydrogens is 386 g/mol. The van der Waals surface area contributed by atoms with E-state index in [-0.39, 0.29) is 29.8 Å². The number of hydrogen-bond donors (Lipinski definition) is 2. The fourth-order valence-corrected chi connectivity index (χ4v) is 4.05. The van der Waals surface area contributed by atoms with E-state index in [2.05, 4.69) is 35.5 Å². The highest BCUT2D eigenvalue weighted by atomic mass is 35.5. The average Bonchev–Trinajstić information content (AvgIpc) is 3.14. The molecule has 1 amide bonds. The van der Waals surface area contributed by atoms with Gasteiger partial charge in [-0.2, -0.15) is 0 Å². The van der Waals surface area contributed by atoms with Crippen LogP contribution in [0.3, 0.4) is 0 Å². The Hall–Kier alpha value is -1.50. The van der Waals surface area contributed by atoms with Crippen LogP contribution in [-0.2, 0) is 4.79 Å². The Balaban J connectivity index is 0.00000243. The van der Waals surface area contributed by atoms with Gasteiger partial charge in [-0.15, -0.1) is 23.7 Å². The van der Waals surface area contributed by atoms with E-state index in [1.54, 1.807) is 11.3 Å². The molecule has 0 saturated carbocycles. The summed E-state index contributed by atoms with van der Waals surface area (Å²) in [6.45, 7) is 6.06. The van der Waals surface area contributed by atoms with Crippen molar-refractivity contribution in [1.82, 2.24) is 10.6 Å². The molecule has 1 aromatic carbocycles. The smallest absolute Gasteiger partial charge is 0.231 e. The minimum absolute atomic E-state index is 0. The summed E-state index contributed by atoms with van der Waals surface area (Å²) >= 11 is 3.13. The van der Waals surface area contributed by atoms with Crippen LogP contribution in [0.5, 0.6) is 0 Å². The number of benzene rings is 1. The Labute approximate surface area is 169 Å². The van der Waals surface area contributed by atoms with Crippen molar-refractivity contribution in [3.63, 3.8) is 0 Å². The van der Waals surface area contributed by atoms with Gasteiger partial charge < -0.3 is 10.6 Å².